The zero-order chi connectivity index (χ0) is 15.6. The molecule has 0 fully saturated rings. The van der Waals surface area contributed by atoms with Crippen molar-refractivity contribution < 1.29 is 17.2 Å². The van der Waals surface area contributed by atoms with E-state index in [4.69, 9.17) is 17.3 Å². The van der Waals surface area contributed by atoms with E-state index in [0.29, 0.717) is 5.56 Å². The summed E-state index contributed by atoms with van der Waals surface area (Å²) in [6.45, 7) is -0.103. The highest BCUT2D eigenvalue weighted by atomic mass is 35.5. The molecule has 0 spiro atoms. The van der Waals surface area contributed by atoms with Crippen LogP contribution in [-0.4, -0.2) is 8.42 Å². The highest BCUT2D eigenvalue weighted by Gasteiger charge is 2.15. The Morgan fingerprint density at radius 1 is 1.10 bits per heavy atom. The van der Waals surface area contributed by atoms with Crippen molar-refractivity contribution in [2.24, 2.45) is 0 Å². The Morgan fingerprint density at radius 3 is 2.43 bits per heavy atom. The van der Waals surface area contributed by atoms with Crippen LogP contribution in [0.2, 0.25) is 5.02 Å². The number of nitrogens with one attached hydrogen (secondary N) is 1. The van der Waals surface area contributed by atoms with Crippen LogP contribution >= 0.6 is 11.6 Å². The number of hydrogen-bond donors (Lipinski definition) is 2. The summed E-state index contributed by atoms with van der Waals surface area (Å²) >= 11 is 5.60. The van der Waals surface area contributed by atoms with Crippen LogP contribution in [0.3, 0.4) is 0 Å². The smallest absolute Gasteiger partial charge is 0.240 e. The van der Waals surface area contributed by atoms with Crippen LogP contribution in [0.1, 0.15) is 5.56 Å². The van der Waals surface area contributed by atoms with Crippen LogP contribution in [0.5, 0.6) is 0 Å². The molecule has 112 valence electrons. The molecule has 0 amide bonds. The third-order valence-electron chi connectivity index (χ3n) is 2.73. The van der Waals surface area contributed by atoms with Gasteiger partial charge in [-0.05, 0) is 35.9 Å². The van der Waals surface area contributed by atoms with Crippen molar-refractivity contribution >= 4 is 27.3 Å². The van der Waals surface area contributed by atoms with E-state index < -0.39 is 21.7 Å². The van der Waals surface area contributed by atoms with E-state index in [9.17, 15) is 17.2 Å². The third kappa shape index (κ3) is 3.69. The molecule has 3 N–H and O–H groups in total. The molecule has 4 nitrogen and oxygen atoms in total. The summed E-state index contributed by atoms with van der Waals surface area (Å²) in [6, 6.07) is 7.03. The molecule has 2 aromatic carbocycles. The van der Waals surface area contributed by atoms with E-state index >= 15 is 0 Å². The first-order valence-corrected chi connectivity index (χ1v) is 7.64. The van der Waals surface area contributed by atoms with E-state index in [2.05, 4.69) is 4.72 Å². The minimum Gasteiger partial charge on any atom is -0.396 e. The average molecular weight is 333 g/mol. The number of rotatable bonds is 4. The maximum atomic E-state index is 13.3. The van der Waals surface area contributed by atoms with Crippen LogP contribution in [0, 0.1) is 11.6 Å². The van der Waals surface area contributed by atoms with Gasteiger partial charge in [-0.1, -0.05) is 17.7 Å². The van der Waals surface area contributed by atoms with Crippen molar-refractivity contribution in [3.05, 3.63) is 58.6 Å². The zero-order valence-corrected chi connectivity index (χ0v) is 12.2. The van der Waals surface area contributed by atoms with E-state index in [1.807, 2.05) is 0 Å². The van der Waals surface area contributed by atoms with Gasteiger partial charge in [0.1, 0.15) is 11.6 Å². The van der Waals surface area contributed by atoms with Gasteiger partial charge in [-0.15, -0.1) is 0 Å². The van der Waals surface area contributed by atoms with Crippen LogP contribution in [0.15, 0.2) is 41.3 Å². The monoisotopic (exact) mass is 332 g/mol. The van der Waals surface area contributed by atoms with Gasteiger partial charge in [0.25, 0.3) is 0 Å². The predicted molar refractivity (Wildman–Crippen MR) is 76.2 cm³/mol. The molecule has 0 unspecified atom stereocenters. The molecule has 21 heavy (non-hydrogen) atoms. The number of sulfonamides is 1. The second-order valence-corrected chi connectivity index (χ2v) is 6.43. The van der Waals surface area contributed by atoms with Crippen LogP contribution in [-0.2, 0) is 16.6 Å². The fraction of sp³-hybridized carbons (Fsp3) is 0.0769. The van der Waals surface area contributed by atoms with E-state index in [-0.39, 0.29) is 22.2 Å². The molecule has 2 aromatic rings. The third-order valence-corrected chi connectivity index (χ3v) is 4.42. The molecule has 0 aliphatic carbocycles. The minimum absolute atomic E-state index is 0.103. The lowest BCUT2D eigenvalue weighted by Crippen LogP contribution is -2.23. The Labute approximate surface area is 125 Å². The highest BCUT2D eigenvalue weighted by molar-refractivity contribution is 7.89. The summed E-state index contributed by atoms with van der Waals surface area (Å²) in [4.78, 5) is -0.248. The SMILES string of the molecule is Nc1ccc(S(=O)(=O)NCc2ccc(F)c(Cl)c2)cc1F. The average Bonchev–Trinajstić information content (AvgIpc) is 2.43. The molecule has 0 aliphatic rings. The van der Waals surface area contributed by atoms with Gasteiger partial charge in [-0.25, -0.2) is 21.9 Å². The fourth-order valence-electron chi connectivity index (χ4n) is 1.59. The second-order valence-electron chi connectivity index (χ2n) is 4.26. The Hall–Kier alpha value is -1.70. The van der Waals surface area contributed by atoms with Gasteiger partial charge in [0.05, 0.1) is 15.6 Å². The van der Waals surface area contributed by atoms with Gasteiger partial charge in [0, 0.05) is 6.54 Å². The first-order chi connectivity index (χ1) is 9.79. The van der Waals surface area contributed by atoms with Crippen molar-refractivity contribution in [3.8, 4) is 0 Å². The molecule has 0 heterocycles. The van der Waals surface area contributed by atoms with Crippen molar-refractivity contribution in [3.63, 3.8) is 0 Å². The van der Waals surface area contributed by atoms with Crippen molar-refractivity contribution in [2.45, 2.75) is 11.4 Å². The minimum atomic E-state index is -3.90. The number of nitrogens with two attached hydrogens (primary N) is 1. The quantitative estimate of drug-likeness (QED) is 0.845. The van der Waals surface area contributed by atoms with Crippen molar-refractivity contribution in [2.75, 3.05) is 5.73 Å². The maximum Gasteiger partial charge on any atom is 0.240 e. The Kier molecular flexibility index (Phi) is 4.46. The molecule has 0 saturated carbocycles. The molecular weight excluding hydrogens is 322 g/mol. The first kappa shape index (κ1) is 15.7. The molecule has 0 radical (unpaired) electrons. The molecule has 8 heteroatoms. The Balaban J connectivity index is 2.17. The van der Waals surface area contributed by atoms with Crippen molar-refractivity contribution in [1.82, 2.24) is 4.72 Å². The molecule has 0 saturated heterocycles. The lowest BCUT2D eigenvalue weighted by molar-refractivity contribution is 0.577. The standard InChI is InChI=1S/C13H11ClF2N2O2S/c14-10-5-8(1-3-11(10)15)7-18-21(19,20)9-2-4-13(17)12(16)6-9/h1-6,18H,7,17H2. The lowest BCUT2D eigenvalue weighted by atomic mass is 10.2. The second kappa shape index (κ2) is 5.97. The highest BCUT2D eigenvalue weighted by Crippen LogP contribution is 2.18. The Morgan fingerprint density at radius 2 is 1.81 bits per heavy atom. The fourth-order valence-corrected chi connectivity index (χ4v) is 2.82. The van der Waals surface area contributed by atoms with Gasteiger partial charge in [-0.3, -0.25) is 0 Å². The summed E-state index contributed by atoms with van der Waals surface area (Å²) in [5, 5.41) is -0.106. The normalized spacial score (nSPS) is 11.6. The van der Waals surface area contributed by atoms with Gasteiger partial charge >= 0.3 is 0 Å². The van der Waals surface area contributed by atoms with Crippen LogP contribution in [0.4, 0.5) is 14.5 Å². The van der Waals surface area contributed by atoms with Gasteiger partial charge < -0.3 is 5.73 Å². The Bertz CT molecular complexity index is 782. The van der Waals surface area contributed by atoms with E-state index in [1.165, 1.54) is 24.3 Å². The summed E-state index contributed by atoms with van der Waals surface area (Å²) in [5.74, 6) is -1.41. The number of hydrogen-bond acceptors (Lipinski definition) is 3. The summed E-state index contributed by atoms with van der Waals surface area (Å²) in [6.07, 6.45) is 0. The number of benzene rings is 2. The molecule has 0 aromatic heterocycles. The summed E-state index contributed by atoms with van der Waals surface area (Å²) < 4.78 is 52.5. The zero-order valence-electron chi connectivity index (χ0n) is 10.6. The maximum absolute atomic E-state index is 13.3. The summed E-state index contributed by atoms with van der Waals surface area (Å²) in [5.41, 5.74) is 5.62. The molecular formula is C13H11ClF2N2O2S. The van der Waals surface area contributed by atoms with Gasteiger partial charge in [-0.2, -0.15) is 0 Å². The van der Waals surface area contributed by atoms with Gasteiger partial charge in [0.15, 0.2) is 0 Å². The largest absolute Gasteiger partial charge is 0.396 e. The number of anilines is 1. The molecule has 0 atom stereocenters. The molecule has 2 rings (SSSR count). The molecule has 0 bridgehead atoms. The van der Waals surface area contributed by atoms with Gasteiger partial charge in [0.2, 0.25) is 10.0 Å². The number of nitrogen functional groups attached to an aromatic ring is 1. The first-order valence-electron chi connectivity index (χ1n) is 5.78. The summed E-state index contributed by atoms with van der Waals surface area (Å²) in [7, 11) is -3.90. The molecule has 0 aliphatic heterocycles. The lowest BCUT2D eigenvalue weighted by Gasteiger charge is -2.08. The van der Waals surface area contributed by atoms with E-state index in [1.54, 1.807) is 0 Å². The predicted octanol–water partition coefficient (Wildman–Crippen LogP) is 2.68. The van der Waals surface area contributed by atoms with Crippen LogP contribution in [0.25, 0.3) is 0 Å². The van der Waals surface area contributed by atoms with Crippen LogP contribution < -0.4 is 10.5 Å². The van der Waals surface area contributed by atoms with Crippen molar-refractivity contribution in [1.29, 1.82) is 0 Å². The topological polar surface area (TPSA) is 72.2 Å². The number of halogens is 3. The van der Waals surface area contributed by atoms with E-state index in [0.717, 1.165) is 12.1 Å².